The number of amides is 3. The number of carbonyl (C=O) groups is 2. The number of aromatic nitrogens is 5. The minimum atomic E-state index is -4.51. The zero-order valence-electron chi connectivity index (χ0n) is 22.5. The first-order valence-electron chi connectivity index (χ1n) is 13.3. The van der Waals surface area contributed by atoms with Crippen molar-refractivity contribution < 1.29 is 22.8 Å². The van der Waals surface area contributed by atoms with Crippen molar-refractivity contribution in [2.45, 2.75) is 37.9 Å². The topological polar surface area (TPSA) is 133 Å². The molecule has 2 N–H and O–H groups in total. The smallest absolute Gasteiger partial charge is 0.337 e. The van der Waals surface area contributed by atoms with E-state index in [0.717, 1.165) is 24.0 Å². The highest BCUT2D eigenvalue weighted by atomic mass is 19.4. The number of benzene rings is 1. The summed E-state index contributed by atoms with van der Waals surface area (Å²) >= 11 is 0. The van der Waals surface area contributed by atoms with Crippen LogP contribution in [0.15, 0.2) is 55.1 Å². The first-order valence-corrected chi connectivity index (χ1v) is 13.3. The summed E-state index contributed by atoms with van der Waals surface area (Å²) < 4.78 is 40.5. The van der Waals surface area contributed by atoms with Gasteiger partial charge in [0.05, 0.1) is 36.8 Å². The number of imidazole rings is 1. The van der Waals surface area contributed by atoms with Crippen LogP contribution in [0.25, 0.3) is 28.0 Å². The maximum absolute atomic E-state index is 12.8. The Morgan fingerprint density at radius 1 is 1.07 bits per heavy atom. The summed E-state index contributed by atoms with van der Waals surface area (Å²) in [5, 5.41) is 22.7. The van der Waals surface area contributed by atoms with Gasteiger partial charge in [0.25, 0.3) is 0 Å². The van der Waals surface area contributed by atoms with Crippen LogP contribution >= 0.6 is 0 Å². The molecule has 3 amide bonds. The van der Waals surface area contributed by atoms with Crippen molar-refractivity contribution in [2.24, 2.45) is 5.41 Å². The van der Waals surface area contributed by atoms with E-state index in [9.17, 15) is 28.0 Å². The van der Waals surface area contributed by atoms with Gasteiger partial charge in [-0.3, -0.25) is 9.48 Å². The van der Waals surface area contributed by atoms with E-state index in [0.29, 0.717) is 35.7 Å². The van der Waals surface area contributed by atoms with Crippen LogP contribution in [-0.2, 0) is 10.3 Å². The first kappa shape index (κ1) is 27.3. The van der Waals surface area contributed by atoms with Crippen molar-refractivity contribution in [1.82, 2.24) is 34.6 Å². The number of carbonyl (C=O) groups excluding carboxylic acids is 2. The number of rotatable bonds is 7. The number of nitriles is 1. The first-order chi connectivity index (χ1) is 20.0. The number of anilines is 1. The summed E-state index contributed by atoms with van der Waals surface area (Å²) in [5.41, 5.74) is 2.81. The molecule has 1 aliphatic heterocycles. The Labute approximate surface area is 237 Å². The molecular weight excluding hydrogens is 551 g/mol. The second-order valence-electron chi connectivity index (χ2n) is 11.1. The Kier molecular flexibility index (Phi) is 6.40. The largest absolute Gasteiger partial charge is 0.405 e. The van der Waals surface area contributed by atoms with Crippen LogP contribution in [0.2, 0.25) is 0 Å². The lowest BCUT2D eigenvalue weighted by Crippen LogP contribution is -2.65. The van der Waals surface area contributed by atoms with Crippen LogP contribution in [0.4, 0.5) is 23.7 Å². The van der Waals surface area contributed by atoms with Gasteiger partial charge in [0, 0.05) is 47.1 Å². The van der Waals surface area contributed by atoms with Crippen LogP contribution in [0.3, 0.4) is 0 Å². The van der Waals surface area contributed by atoms with E-state index in [4.69, 9.17) is 0 Å². The standard InChI is InChI=1S/C28H26F3N9O2/c1-26(5-6-26)24(41)38-16-27(17-38,7-8-32)39-14-20(12-35-39)19-10-23-33-13-22(40(23)36-11-19)18-3-2-4-21(9-18)37-25(42)34-15-28(29,30)31/h2-4,9-14H,5-7,15-17H2,1H3,(H2,34,37,42). The lowest BCUT2D eigenvalue weighted by atomic mass is 9.85. The number of nitrogens with zero attached hydrogens (tertiary/aromatic N) is 7. The van der Waals surface area contributed by atoms with Gasteiger partial charge in [-0.25, -0.2) is 14.3 Å². The number of fused-ring (bicyclic) bond motifs is 1. The summed E-state index contributed by atoms with van der Waals surface area (Å²) in [7, 11) is 0. The molecule has 0 bridgehead atoms. The van der Waals surface area contributed by atoms with E-state index in [1.807, 2.05) is 24.1 Å². The molecular formula is C28H26F3N9O2. The molecule has 3 aromatic heterocycles. The third-order valence-corrected chi connectivity index (χ3v) is 7.81. The average molecular weight is 578 g/mol. The van der Waals surface area contributed by atoms with E-state index in [1.54, 1.807) is 57.4 Å². The molecule has 1 saturated carbocycles. The highest BCUT2D eigenvalue weighted by Gasteiger charge is 2.54. The summed E-state index contributed by atoms with van der Waals surface area (Å²) in [5.74, 6) is 0.138. The number of hydrogen-bond donors (Lipinski definition) is 2. The van der Waals surface area contributed by atoms with E-state index < -0.39 is 24.3 Å². The van der Waals surface area contributed by atoms with Crippen LogP contribution < -0.4 is 10.6 Å². The minimum Gasteiger partial charge on any atom is -0.337 e. The van der Waals surface area contributed by atoms with Gasteiger partial charge in [0.15, 0.2) is 5.65 Å². The van der Waals surface area contributed by atoms with Crippen molar-refractivity contribution >= 4 is 23.3 Å². The molecule has 4 aromatic rings. The Bertz CT molecular complexity index is 1730. The molecule has 2 aliphatic rings. The molecule has 0 atom stereocenters. The molecule has 216 valence electrons. The van der Waals surface area contributed by atoms with Crippen LogP contribution in [0.1, 0.15) is 26.2 Å². The minimum absolute atomic E-state index is 0.138. The lowest BCUT2D eigenvalue weighted by molar-refractivity contribution is -0.148. The summed E-state index contributed by atoms with van der Waals surface area (Å²) in [6.07, 6.45) is 4.34. The molecule has 0 unspecified atom stereocenters. The zero-order chi connectivity index (χ0) is 29.7. The fraction of sp³-hybridized carbons (Fsp3) is 0.357. The molecule has 14 heteroatoms. The van der Waals surface area contributed by atoms with E-state index >= 15 is 0 Å². The molecule has 0 radical (unpaired) electrons. The molecule has 2 fully saturated rings. The maximum Gasteiger partial charge on any atom is 0.405 e. The van der Waals surface area contributed by atoms with E-state index in [2.05, 4.69) is 26.6 Å². The Morgan fingerprint density at radius 3 is 2.55 bits per heavy atom. The summed E-state index contributed by atoms with van der Waals surface area (Å²) in [6.45, 7) is 1.42. The molecule has 6 rings (SSSR count). The Balaban J connectivity index is 1.19. The Hall–Kier alpha value is -4.93. The predicted octanol–water partition coefficient (Wildman–Crippen LogP) is 4.19. The maximum atomic E-state index is 12.8. The highest BCUT2D eigenvalue weighted by Crippen LogP contribution is 2.48. The van der Waals surface area contributed by atoms with Crippen molar-refractivity contribution in [3.05, 3.63) is 55.1 Å². The SMILES string of the molecule is CC1(C(=O)N2CC(CC#N)(n3cc(-c4cnn5c(-c6cccc(NC(=O)NCC(F)(F)F)c6)cnc5c4)cn3)C2)CC1. The highest BCUT2D eigenvalue weighted by molar-refractivity contribution is 5.90. The number of urea groups is 1. The molecule has 42 heavy (non-hydrogen) atoms. The predicted molar refractivity (Wildman–Crippen MR) is 145 cm³/mol. The Morgan fingerprint density at radius 2 is 1.83 bits per heavy atom. The number of nitrogens with one attached hydrogen (secondary N) is 2. The molecule has 1 aliphatic carbocycles. The van der Waals surface area contributed by atoms with Gasteiger partial charge in [0.1, 0.15) is 12.1 Å². The second-order valence-corrected chi connectivity index (χ2v) is 11.1. The lowest BCUT2D eigenvalue weighted by Gasteiger charge is -2.49. The third-order valence-electron chi connectivity index (χ3n) is 7.81. The van der Waals surface area contributed by atoms with Gasteiger partial charge in [-0.05, 0) is 31.0 Å². The monoisotopic (exact) mass is 577 g/mol. The van der Waals surface area contributed by atoms with E-state index in [-0.39, 0.29) is 17.7 Å². The average Bonchev–Trinajstić information content (AvgIpc) is 3.32. The molecule has 4 heterocycles. The van der Waals surface area contributed by atoms with Crippen LogP contribution in [0.5, 0.6) is 0 Å². The molecule has 11 nitrogen and oxygen atoms in total. The second kappa shape index (κ2) is 9.86. The molecule has 0 spiro atoms. The normalized spacial score (nSPS) is 16.9. The molecule has 1 aromatic carbocycles. The van der Waals surface area contributed by atoms with E-state index in [1.165, 1.54) is 0 Å². The zero-order valence-corrected chi connectivity index (χ0v) is 22.5. The number of hydrogen-bond acceptors (Lipinski definition) is 6. The summed E-state index contributed by atoms with van der Waals surface area (Å²) in [6, 6.07) is 9.72. The fourth-order valence-electron chi connectivity index (χ4n) is 5.15. The van der Waals surface area contributed by atoms with Gasteiger partial charge in [-0.2, -0.15) is 28.6 Å². The van der Waals surface area contributed by atoms with Gasteiger partial charge >= 0.3 is 12.2 Å². The van der Waals surface area contributed by atoms with Gasteiger partial charge in [-0.1, -0.05) is 19.1 Å². The van der Waals surface area contributed by atoms with Gasteiger partial charge in [-0.15, -0.1) is 0 Å². The number of likely N-dealkylation sites (tertiary alicyclic amines) is 1. The number of alkyl halides is 3. The summed E-state index contributed by atoms with van der Waals surface area (Å²) in [4.78, 5) is 30.9. The quantitative estimate of drug-likeness (QED) is 0.338. The van der Waals surface area contributed by atoms with Gasteiger partial charge < -0.3 is 15.5 Å². The fourth-order valence-corrected chi connectivity index (χ4v) is 5.15. The van der Waals surface area contributed by atoms with Crippen molar-refractivity contribution in [3.8, 4) is 28.5 Å². The van der Waals surface area contributed by atoms with Crippen molar-refractivity contribution in [3.63, 3.8) is 0 Å². The van der Waals surface area contributed by atoms with Crippen LogP contribution in [-0.4, -0.2) is 67.0 Å². The number of halogens is 3. The van der Waals surface area contributed by atoms with Crippen LogP contribution in [0, 0.1) is 16.7 Å². The van der Waals surface area contributed by atoms with Gasteiger partial charge in [0.2, 0.25) is 5.91 Å². The van der Waals surface area contributed by atoms with Crippen molar-refractivity contribution in [2.75, 3.05) is 25.0 Å². The third kappa shape index (κ3) is 5.13. The van der Waals surface area contributed by atoms with Crippen molar-refractivity contribution in [1.29, 1.82) is 5.26 Å². The molecule has 1 saturated heterocycles.